The van der Waals surface area contributed by atoms with Crippen LogP contribution in [-0.4, -0.2) is 31.3 Å². The lowest BCUT2D eigenvalue weighted by molar-refractivity contribution is 0.626. The van der Waals surface area contributed by atoms with Crippen LogP contribution in [0, 0.1) is 19.7 Å². The van der Waals surface area contributed by atoms with Gasteiger partial charge in [0, 0.05) is 42.9 Å². The molecule has 0 atom stereocenters. The number of nitrogens with zero attached hydrogens (tertiary/aromatic N) is 6. The zero-order valence-electron chi connectivity index (χ0n) is 16.9. The van der Waals surface area contributed by atoms with E-state index in [0.29, 0.717) is 6.54 Å². The van der Waals surface area contributed by atoms with Crippen LogP contribution in [0.25, 0.3) is 5.65 Å². The van der Waals surface area contributed by atoms with Crippen molar-refractivity contribution in [3.8, 4) is 0 Å². The molecule has 7 nitrogen and oxygen atoms in total. The van der Waals surface area contributed by atoms with Crippen LogP contribution >= 0.6 is 0 Å². The van der Waals surface area contributed by atoms with Crippen molar-refractivity contribution in [2.24, 2.45) is 0 Å². The summed E-state index contributed by atoms with van der Waals surface area (Å²) < 4.78 is 15.1. The number of benzene rings is 1. The first-order valence-electron chi connectivity index (χ1n) is 9.97. The fourth-order valence-corrected chi connectivity index (χ4v) is 3.92. The summed E-state index contributed by atoms with van der Waals surface area (Å²) in [4.78, 5) is 6.93. The van der Waals surface area contributed by atoms with E-state index in [9.17, 15) is 4.39 Å². The zero-order chi connectivity index (χ0) is 20.7. The summed E-state index contributed by atoms with van der Waals surface area (Å²) in [7, 11) is 0. The average molecular weight is 403 g/mol. The quantitative estimate of drug-likeness (QED) is 0.563. The number of anilines is 2. The van der Waals surface area contributed by atoms with E-state index in [4.69, 9.17) is 5.10 Å². The van der Waals surface area contributed by atoms with Gasteiger partial charge in [0.1, 0.15) is 12.1 Å². The Morgan fingerprint density at radius 3 is 2.93 bits per heavy atom. The third kappa shape index (κ3) is 3.34. The lowest BCUT2D eigenvalue weighted by Gasteiger charge is -2.30. The van der Waals surface area contributed by atoms with Gasteiger partial charge in [-0.25, -0.2) is 4.39 Å². The summed E-state index contributed by atoms with van der Waals surface area (Å²) >= 11 is 0. The van der Waals surface area contributed by atoms with E-state index in [1.807, 2.05) is 12.3 Å². The summed E-state index contributed by atoms with van der Waals surface area (Å²) in [6.07, 6.45) is 4.35. The summed E-state index contributed by atoms with van der Waals surface area (Å²) in [6, 6.07) is 8.75. The van der Waals surface area contributed by atoms with Crippen LogP contribution < -0.4 is 10.2 Å². The van der Waals surface area contributed by atoms with E-state index in [1.54, 1.807) is 23.0 Å². The minimum Gasteiger partial charge on any atom is -0.380 e. The van der Waals surface area contributed by atoms with Gasteiger partial charge >= 0.3 is 0 Å². The minimum atomic E-state index is -0.225. The van der Waals surface area contributed by atoms with Gasteiger partial charge in [0.25, 0.3) is 0 Å². The van der Waals surface area contributed by atoms with E-state index >= 15 is 0 Å². The van der Waals surface area contributed by atoms with Crippen molar-refractivity contribution in [1.29, 1.82) is 0 Å². The fraction of sp³-hybridized carbons (Fsp3) is 0.273. The number of aromatic nitrogens is 5. The Labute approximate surface area is 173 Å². The highest BCUT2D eigenvalue weighted by Gasteiger charge is 2.22. The Hall–Kier alpha value is -3.55. The Morgan fingerprint density at radius 1 is 1.17 bits per heavy atom. The molecule has 4 heterocycles. The Morgan fingerprint density at radius 2 is 2.07 bits per heavy atom. The molecule has 0 amide bonds. The Balaban J connectivity index is 1.38. The molecule has 0 saturated heterocycles. The van der Waals surface area contributed by atoms with E-state index in [1.165, 1.54) is 11.6 Å². The highest BCUT2D eigenvalue weighted by molar-refractivity contribution is 5.60. The molecule has 4 aromatic rings. The molecule has 1 aliphatic heterocycles. The molecule has 8 heteroatoms. The second-order valence-corrected chi connectivity index (χ2v) is 7.66. The highest BCUT2D eigenvalue weighted by Crippen LogP contribution is 2.28. The maximum Gasteiger partial charge on any atom is 0.180 e. The highest BCUT2D eigenvalue weighted by atomic mass is 19.1. The van der Waals surface area contributed by atoms with Crippen molar-refractivity contribution < 1.29 is 4.39 Å². The number of halogens is 1. The normalized spacial score (nSPS) is 13.5. The predicted molar refractivity (Wildman–Crippen MR) is 113 cm³/mol. The van der Waals surface area contributed by atoms with Crippen molar-refractivity contribution in [2.75, 3.05) is 16.8 Å². The number of hydrogen-bond donors (Lipinski definition) is 1. The van der Waals surface area contributed by atoms with Gasteiger partial charge in [-0.05, 0) is 43.2 Å². The number of aryl methyl sites for hydroxylation is 1. The van der Waals surface area contributed by atoms with E-state index in [-0.39, 0.29) is 5.82 Å². The lowest BCUT2D eigenvalue weighted by atomic mass is 10.0. The number of pyridine rings is 1. The summed E-state index contributed by atoms with van der Waals surface area (Å²) in [5.41, 5.74) is 7.11. The van der Waals surface area contributed by atoms with Crippen molar-refractivity contribution in [2.45, 2.75) is 33.4 Å². The molecule has 1 aliphatic rings. The van der Waals surface area contributed by atoms with Gasteiger partial charge in [-0.3, -0.25) is 4.98 Å². The molecule has 5 rings (SSSR count). The first-order chi connectivity index (χ1) is 14.6. The third-order valence-corrected chi connectivity index (χ3v) is 5.69. The summed E-state index contributed by atoms with van der Waals surface area (Å²) in [5, 5.41) is 16.2. The SMILES string of the molecule is Cc1c(N2CCc3ncc(NCc4cccc(F)c4)cc3C2)nn2cnnc2c1C. The van der Waals surface area contributed by atoms with Crippen LogP contribution in [0.2, 0.25) is 0 Å². The molecule has 0 aliphatic carbocycles. The van der Waals surface area contributed by atoms with Gasteiger partial charge in [0.15, 0.2) is 11.5 Å². The number of hydrogen-bond acceptors (Lipinski definition) is 6. The largest absolute Gasteiger partial charge is 0.380 e. The van der Waals surface area contributed by atoms with E-state index in [0.717, 1.165) is 59.0 Å². The molecule has 0 spiro atoms. The molecule has 0 saturated carbocycles. The molecule has 1 aromatic carbocycles. The van der Waals surface area contributed by atoms with Gasteiger partial charge in [-0.15, -0.1) is 15.3 Å². The van der Waals surface area contributed by atoms with Gasteiger partial charge in [-0.1, -0.05) is 12.1 Å². The second kappa shape index (κ2) is 7.37. The topological polar surface area (TPSA) is 71.2 Å². The van der Waals surface area contributed by atoms with Crippen LogP contribution in [0.1, 0.15) is 27.9 Å². The van der Waals surface area contributed by atoms with Crippen molar-refractivity contribution in [1.82, 2.24) is 24.8 Å². The predicted octanol–water partition coefficient (Wildman–Crippen LogP) is 3.45. The monoisotopic (exact) mass is 403 g/mol. The number of fused-ring (bicyclic) bond motifs is 2. The van der Waals surface area contributed by atoms with E-state index < -0.39 is 0 Å². The summed E-state index contributed by atoms with van der Waals surface area (Å²) in [5.74, 6) is 0.723. The maximum atomic E-state index is 13.4. The molecule has 152 valence electrons. The number of nitrogens with one attached hydrogen (secondary N) is 1. The Bertz CT molecular complexity index is 1230. The van der Waals surface area contributed by atoms with E-state index in [2.05, 4.69) is 45.3 Å². The molecule has 30 heavy (non-hydrogen) atoms. The van der Waals surface area contributed by atoms with Gasteiger partial charge < -0.3 is 10.2 Å². The first kappa shape index (κ1) is 18.5. The van der Waals surface area contributed by atoms with Gasteiger partial charge in [-0.2, -0.15) is 4.52 Å². The standard InChI is InChI=1S/C22H22FN7/c1-14-15(2)22(28-30-13-26-27-21(14)30)29-7-6-20-17(12-29)9-19(11-25-20)24-10-16-4-3-5-18(23)8-16/h3-5,8-9,11,13,24H,6-7,10,12H2,1-2H3. The molecule has 0 unspecified atom stereocenters. The van der Waals surface area contributed by atoms with Crippen LogP contribution in [0.5, 0.6) is 0 Å². The average Bonchev–Trinajstić information content (AvgIpc) is 3.23. The van der Waals surface area contributed by atoms with Crippen LogP contribution in [0.15, 0.2) is 42.9 Å². The van der Waals surface area contributed by atoms with Crippen molar-refractivity contribution in [3.63, 3.8) is 0 Å². The minimum absolute atomic E-state index is 0.225. The fourth-order valence-electron chi connectivity index (χ4n) is 3.92. The smallest absolute Gasteiger partial charge is 0.180 e. The first-order valence-corrected chi connectivity index (χ1v) is 9.97. The molecular weight excluding hydrogens is 381 g/mol. The lowest BCUT2D eigenvalue weighted by Crippen LogP contribution is -2.33. The molecule has 0 fully saturated rings. The Kier molecular flexibility index (Phi) is 4.54. The second-order valence-electron chi connectivity index (χ2n) is 7.66. The van der Waals surface area contributed by atoms with Crippen LogP contribution in [-0.2, 0) is 19.5 Å². The molecule has 0 bridgehead atoms. The molecule has 0 radical (unpaired) electrons. The zero-order valence-corrected chi connectivity index (χ0v) is 16.9. The number of rotatable bonds is 4. The molecular formula is C22H22FN7. The van der Waals surface area contributed by atoms with Gasteiger partial charge in [0.2, 0.25) is 0 Å². The van der Waals surface area contributed by atoms with Crippen LogP contribution in [0.4, 0.5) is 15.9 Å². The third-order valence-electron chi connectivity index (χ3n) is 5.69. The molecule has 1 N–H and O–H groups in total. The van der Waals surface area contributed by atoms with Crippen molar-refractivity contribution in [3.05, 3.63) is 76.6 Å². The summed E-state index contributed by atoms with van der Waals surface area (Å²) in [6.45, 7) is 6.28. The maximum absolute atomic E-state index is 13.4. The van der Waals surface area contributed by atoms with Crippen LogP contribution in [0.3, 0.4) is 0 Å². The van der Waals surface area contributed by atoms with Crippen molar-refractivity contribution >= 4 is 17.2 Å². The molecule has 3 aromatic heterocycles. The van der Waals surface area contributed by atoms with Gasteiger partial charge in [0.05, 0.1) is 11.9 Å².